The molecule has 0 N–H and O–H groups in total. The number of aryl methyl sites for hydroxylation is 1. The molecule has 1 aliphatic rings. The zero-order valence-electron chi connectivity index (χ0n) is 13.9. The number of benzene rings is 3. The summed E-state index contributed by atoms with van der Waals surface area (Å²) in [5, 5.41) is 3.64. The van der Waals surface area contributed by atoms with E-state index in [2.05, 4.69) is 24.6 Å². The van der Waals surface area contributed by atoms with Crippen molar-refractivity contribution in [3.05, 3.63) is 83.3 Å². The van der Waals surface area contributed by atoms with E-state index in [4.69, 9.17) is 0 Å². The van der Waals surface area contributed by atoms with Gasteiger partial charge in [0.2, 0.25) is 0 Å². The van der Waals surface area contributed by atoms with Crippen LogP contribution in [0.25, 0.3) is 38.9 Å². The third kappa shape index (κ3) is 1.97. The first kappa shape index (κ1) is 14.4. The summed E-state index contributed by atoms with van der Waals surface area (Å²) in [5.41, 5.74) is 7.37. The molecule has 120 valence electrons. The first-order valence-electron chi connectivity index (χ1n) is 8.43. The topological polar surface area (TPSA) is 12.9 Å². The molecule has 0 spiro atoms. The Balaban J connectivity index is 1.89. The van der Waals surface area contributed by atoms with Crippen LogP contribution < -0.4 is 0 Å². The minimum Gasteiger partial charge on any atom is -0.256 e. The van der Waals surface area contributed by atoms with E-state index < -0.39 is 0 Å². The molecule has 0 aliphatic heterocycles. The second-order valence-electron chi connectivity index (χ2n) is 6.65. The van der Waals surface area contributed by atoms with Crippen LogP contribution in [0.1, 0.15) is 22.3 Å². The van der Waals surface area contributed by atoms with Gasteiger partial charge >= 0.3 is 0 Å². The lowest BCUT2D eigenvalue weighted by molar-refractivity contribution is 0.640. The molecule has 0 radical (unpaired) electrons. The maximum atomic E-state index is 14.1. The molecule has 5 rings (SSSR count). The van der Waals surface area contributed by atoms with E-state index in [1.54, 1.807) is 6.07 Å². The molecule has 1 heterocycles. The lowest BCUT2D eigenvalue weighted by Crippen LogP contribution is -1.91. The Morgan fingerprint density at radius 1 is 1.00 bits per heavy atom. The van der Waals surface area contributed by atoms with Crippen LogP contribution in [0.3, 0.4) is 0 Å². The number of halogens is 1. The first-order valence-corrected chi connectivity index (χ1v) is 8.43. The molecule has 0 atom stereocenters. The molecule has 2 heteroatoms. The van der Waals surface area contributed by atoms with E-state index in [-0.39, 0.29) is 5.82 Å². The highest BCUT2D eigenvalue weighted by Crippen LogP contribution is 2.42. The molecule has 0 unspecified atom stereocenters. The number of nitrogens with zero attached hydrogens (tertiary/aromatic N) is 1. The molecule has 1 aliphatic carbocycles. The van der Waals surface area contributed by atoms with E-state index in [0.29, 0.717) is 5.39 Å². The second-order valence-corrected chi connectivity index (χ2v) is 6.65. The molecule has 0 bridgehead atoms. The maximum Gasteiger partial charge on any atom is 0.131 e. The minimum atomic E-state index is -0.190. The van der Waals surface area contributed by atoms with Crippen LogP contribution in [0.4, 0.5) is 4.39 Å². The van der Waals surface area contributed by atoms with Crippen LogP contribution in [0.15, 0.2) is 55.2 Å². The lowest BCUT2D eigenvalue weighted by Gasteiger charge is -2.12. The van der Waals surface area contributed by atoms with Gasteiger partial charge in [0.15, 0.2) is 0 Å². The summed E-state index contributed by atoms with van der Waals surface area (Å²) in [7, 11) is 0. The molecule has 25 heavy (non-hydrogen) atoms. The van der Waals surface area contributed by atoms with E-state index in [9.17, 15) is 4.39 Å². The Hall–Kier alpha value is -3.00. The van der Waals surface area contributed by atoms with Crippen molar-refractivity contribution in [2.45, 2.75) is 13.3 Å². The van der Waals surface area contributed by atoms with Crippen molar-refractivity contribution >= 4 is 27.6 Å². The van der Waals surface area contributed by atoms with Gasteiger partial charge in [0.1, 0.15) is 5.82 Å². The average Bonchev–Trinajstić information content (AvgIpc) is 3.42. The number of pyridine rings is 1. The van der Waals surface area contributed by atoms with Crippen LogP contribution in [-0.2, 0) is 6.42 Å². The van der Waals surface area contributed by atoms with Gasteiger partial charge < -0.3 is 0 Å². The van der Waals surface area contributed by atoms with Crippen molar-refractivity contribution in [1.82, 2.24) is 4.98 Å². The van der Waals surface area contributed by atoms with Crippen molar-refractivity contribution < 1.29 is 4.39 Å². The predicted octanol–water partition coefficient (Wildman–Crippen LogP) is 6.05. The van der Waals surface area contributed by atoms with Crippen molar-refractivity contribution in [3.8, 4) is 11.3 Å². The normalized spacial score (nSPS) is 12.4. The third-order valence-electron chi connectivity index (χ3n) is 5.25. The van der Waals surface area contributed by atoms with E-state index in [0.717, 1.165) is 33.8 Å². The summed E-state index contributed by atoms with van der Waals surface area (Å²) in [6.45, 7) is 6.16. The maximum absolute atomic E-state index is 14.1. The summed E-state index contributed by atoms with van der Waals surface area (Å²) in [5.74, 6) is -0.190. The third-order valence-corrected chi connectivity index (χ3v) is 5.25. The summed E-state index contributed by atoms with van der Waals surface area (Å²) in [4.78, 5) is 4.68. The van der Waals surface area contributed by atoms with Gasteiger partial charge in [-0.3, -0.25) is 4.98 Å². The molecular formula is C23H16FN. The van der Waals surface area contributed by atoms with E-state index in [1.165, 1.54) is 28.3 Å². The Morgan fingerprint density at radius 2 is 1.80 bits per heavy atom. The van der Waals surface area contributed by atoms with Crippen LogP contribution in [0.5, 0.6) is 0 Å². The summed E-state index contributed by atoms with van der Waals surface area (Å²) < 4.78 is 14.1. The molecule has 1 aromatic heterocycles. The number of fused-ring (bicyclic) bond motifs is 4. The van der Waals surface area contributed by atoms with Crippen LogP contribution in [-0.4, -0.2) is 4.98 Å². The summed E-state index contributed by atoms with van der Waals surface area (Å²) in [6, 6.07) is 13.2. The Bertz CT molecular complexity index is 1200. The van der Waals surface area contributed by atoms with Crippen molar-refractivity contribution in [2.24, 2.45) is 0 Å². The van der Waals surface area contributed by atoms with Gasteiger partial charge in [-0.2, -0.15) is 0 Å². The van der Waals surface area contributed by atoms with Crippen molar-refractivity contribution in [2.75, 3.05) is 0 Å². The fraction of sp³-hybridized carbons (Fsp3) is 0.0870. The smallest absolute Gasteiger partial charge is 0.131 e. The molecule has 4 aromatic rings. The zero-order chi connectivity index (χ0) is 17.1. The summed E-state index contributed by atoms with van der Waals surface area (Å²) >= 11 is 0. The van der Waals surface area contributed by atoms with Gasteiger partial charge in [-0.25, -0.2) is 4.39 Å². The van der Waals surface area contributed by atoms with Crippen molar-refractivity contribution in [1.29, 1.82) is 0 Å². The van der Waals surface area contributed by atoms with Gasteiger partial charge in [0.05, 0.1) is 5.69 Å². The molecule has 1 nitrogen and oxygen atoms in total. The number of hydrogen-bond acceptors (Lipinski definition) is 1. The molecule has 0 saturated carbocycles. The first-order chi connectivity index (χ1) is 12.2. The average molecular weight is 325 g/mol. The molecular weight excluding hydrogens is 309 g/mol. The van der Waals surface area contributed by atoms with Gasteiger partial charge in [-0.15, -0.1) is 0 Å². The lowest BCUT2D eigenvalue weighted by atomic mass is 9.95. The standard InChI is InChI=1S/C23H16FN/c1-3-14-20-12-19(20)13(2)11-21(14)23-18-8-7-17-15(5-4-6-22(17)24)16(18)9-10-25-23/h3-11H,1,12H2,2H3. The highest BCUT2D eigenvalue weighted by molar-refractivity contribution is 6.11. The van der Waals surface area contributed by atoms with Gasteiger partial charge in [-0.1, -0.05) is 36.9 Å². The SMILES string of the molecule is C=Cc1c(-c2nccc3c2ccc2c(F)cccc23)cc(C)c2c1C2. The largest absolute Gasteiger partial charge is 0.256 e. The minimum absolute atomic E-state index is 0.190. The molecule has 0 fully saturated rings. The Morgan fingerprint density at radius 3 is 2.64 bits per heavy atom. The van der Waals surface area contributed by atoms with E-state index in [1.807, 2.05) is 36.5 Å². The van der Waals surface area contributed by atoms with E-state index >= 15 is 0 Å². The van der Waals surface area contributed by atoms with Gasteiger partial charge in [0, 0.05) is 22.5 Å². The Labute approximate surface area is 145 Å². The molecule has 3 aromatic carbocycles. The van der Waals surface area contributed by atoms with Crippen molar-refractivity contribution in [3.63, 3.8) is 0 Å². The number of aromatic nitrogens is 1. The fourth-order valence-electron chi connectivity index (χ4n) is 3.94. The fourth-order valence-corrected chi connectivity index (χ4v) is 3.94. The monoisotopic (exact) mass is 325 g/mol. The number of rotatable bonds is 2. The molecule has 0 saturated heterocycles. The predicted molar refractivity (Wildman–Crippen MR) is 102 cm³/mol. The van der Waals surface area contributed by atoms with Gasteiger partial charge in [-0.05, 0) is 64.6 Å². The van der Waals surface area contributed by atoms with Gasteiger partial charge in [0.25, 0.3) is 0 Å². The van der Waals surface area contributed by atoms with Crippen LogP contribution >= 0.6 is 0 Å². The highest BCUT2D eigenvalue weighted by atomic mass is 19.1. The van der Waals surface area contributed by atoms with Crippen LogP contribution in [0, 0.1) is 12.7 Å². The summed E-state index contributed by atoms with van der Waals surface area (Å²) in [6.07, 6.45) is 4.80. The second kappa shape index (κ2) is 5.00. The highest BCUT2D eigenvalue weighted by Gasteiger charge is 2.26. The Kier molecular flexibility index (Phi) is 2.87. The van der Waals surface area contributed by atoms with Crippen LogP contribution in [0.2, 0.25) is 0 Å². The molecule has 0 amide bonds. The number of hydrogen-bond donors (Lipinski definition) is 0. The zero-order valence-corrected chi connectivity index (χ0v) is 13.9. The quantitative estimate of drug-likeness (QED) is 0.360.